The van der Waals surface area contributed by atoms with Crippen LogP contribution in [0.1, 0.15) is 11.7 Å². The zero-order chi connectivity index (χ0) is 18.4. The van der Waals surface area contributed by atoms with Crippen molar-refractivity contribution in [2.75, 3.05) is 44.7 Å². The predicted octanol–water partition coefficient (Wildman–Crippen LogP) is 2.18. The van der Waals surface area contributed by atoms with E-state index in [1.165, 1.54) is 0 Å². The second-order valence-corrected chi connectivity index (χ2v) is 6.45. The van der Waals surface area contributed by atoms with E-state index in [-0.39, 0.29) is 24.0 Å². The highest BCUT2D eigenvalue weighted by atomic mass is 127. The van der Waals surface area contributed by atoms with E-state index in [2.05, 4.69) is 30.1 Å². The van der Waals surface area contributed by atoms with Gasteiger partial charge in [0, 0.05) is 57.2 Å². The lowest BCUT2D eigenvalue weighted by atomic mass is 10.1. The standard InChI is InChI=1S/C18H23ClN6O.HI/c1-20-17(23-13-16(26)14-3-5-15(19)6-4-14)24-9-11-25(12-10-24)18-21-7-2-8-22-18;/h2-8,16,26H,9-13H2,1H3,(H,20,23);1H. The van der Waals surface area contributed by atoms with Crippen LogP contribution in [0, 0.1) is 0 Å². The van der Waals surface area contributed by atoms with Gasteiger partial charge in [-0.25, -0.2) is 9.97 Å². The maximum Gasteiger partial charge on any atom is 0.225 e. The molecule has 0 radical (unpaired) electrons. The normalized spacial score (nSPS) is 15.9. The van der Waals surface area contributed by atoms with Gasteiger partial charge in [0.05, 0.1) is 6.10 Å². The summed E-state index contributed by atoms with van der Waals surface area (Å²) in [6.45, 7) is 3.66. The fourth-order valence-corrected chi connectivity index (χ4v) is 3.02. The number of hydrogen-bond acceptors (Lipinski definition) is 5. The second-order valence-electron chi connectivity index (χ2n) is 6.02. The van der Waals surface area contributed by atoms with Crippen LogP contribution in [0.2, 0.25) is 5.02 Å². The van der Waals surface area contributed by atoms with Gasteiger partial charge in [0.25, 0.3) is 0 Å². The lowest BCUT2D eigenvalue weighted by Gasteiger charge is -2.36. The SMILES string of the molecule is CN=C(NCC(O)c1ccc(Cl)cc1)N1CCN(c2ncccn2)CC1.I. The van der Waals surface area contributed by atoms with E-state index < -0.39 is 6.10 Å². The summed E-state index contributed by atoms with van der Waals surface area (Å²) in [5.74, 6) is 1.54. The van der Waals surface area contributed by atoms with Crippen molar-refractivity contribution in [3.8, 4) is 0 Å². The Balaban J connectivity index is 0.00000261. The van der Waals surface area contributed by atoms with Gasteiger partial charge in [-0.3, -0.25) is 4.99 Å². The van der Waals surface area contributed by atoms with E-state index in [1.54, 1.807) is 31.6 Å². The summed E-state index contributed by atoms with van der Waals surface area (Å²) < 4.78 is 0. The Morgan fingerprint density at radius 2 is 1.81 bits per heavy atom. The molecular formula is C18H24ClIN6O. The lowest BCUT2D eigenvalue weighted by Crippen LogP contribution is -2.53. The van der Waals surface area contributed by atoms with Crippen LogP contribution in [-0.4, -0.2) is 65.7 Å². The number of aliphatic imine (C=N–C) groups is 1. The van der Waals surface area contributed by atoms with Crippen molar-refractivity contribution in [2.45, 2.75) is 6.10 Å². The molecule has 9 heteroatoms. The quantitative estimate of drug-likeness (QED) is 0.379. The molecule has 1 fully saturated rings. The van der Waals surface area contributed by atoms with E-state index >= 15 is 0 Å². The molecule has 2 N–H and O–H groups in total. The molecule has 0 bridgehead atoms. The Labute approximate surface area is 181 Å². The first-order valence-electron chi connectivity index (χ1n) is 8.58. The second kappa shape index (κ2) is 10.6. The van der Waals surface area contributed by atoms with Crippen molar-refractivity contribution < 1.29 is 5.11 Å². The van der Waals surface area contributed by atoms with Gasteiger partial charge in [-0.2, -0.15) is 0 Å². The summed E-state index contributed by atoms with van der Waals surface area (Å²) in [6, 6.07) is 9.03. The highest BCUT2D eigenvalue weighted by Crippen LogP contribution is 2.16. The summed E-state index contributed by atoms with van der Waals surface area (Å²) in [7, 11) is 1.75. The highest BCUT2D eigenvalue weighted by molar-refractivity contribution is 14.0. The number of aliphatic hydroxyl groups excluding tert-OH is 1. The number of nitrogens with zero attached hydrogens (tertiary/aromatic N) is 5. The molecule has 1 aliphatic heterocycles. The number of guanidine groups is 1. The molecule has 0 spiro atoms. The summed E-state index contributed by atoms with van der Waals surface area (Å²) >= 11 is 5.89. The molecule has 1 aromatic carbocycles. The Bertz CT molecular complexity index is 722. The Hall–Kier alpha value is -1.65. The number of anilines is 1. The number of piperazine rings is 1. The fraction of sp³-hybridized carbons (Fsp3) is 0.389. The molecule has 0 amide bonds. The number of aliphatic hydroxyl groups is 1. The number of aromatic nitrogens is 2. The number of hydrogen-bond donors (Lipinski definition) is 2. The summed E-state index contributed by atoms with van der Waals surface area (Å²) in [4.78, 5) is 17.3. The van der Waals surface area contributed by atoms with Crippen LogP contribution in [-0.2, 0) is 0 Å². The topological polar surface area (TPSA) is 76.9 Å². The molecule has 0 aliphatic carbocycles. The van der Waals surface area contributed by atoms with E-state index in [0.717, 1.165) is 43.7 Å². The van der Waals surface area contributed by atoms with Gasteiger partial charge < -0.3 is 20.2 Å². The Morgan fingerprint density at radius 1 is 1.19 bits per heavy atom. The largest absolute Gasteiger partial charge is 0.387 e. The zero-order valence-electron chi connectivity index (χ0n) is 15.1. The number of benzene rings is 1. The van der Waals surface area contributed by atoms with Crippen LogP contribution < -0.4 is 10.2 Å². The minimum atomic E-state index is -0.622. The Kier molecular flexibility index (Phi) is 8.52. The van der Waals surface area contributed by atoms with Crippen LogP contribution in [0.25, 0.3) is 0 Å². The summed E-state index contributed by atoms with van der Waals surface area (Å²) in [5.41, 5.74) is 0.823. The molecule has 1 aliphatic rings. The van der Waals surface area contributed by atoms with Crippen LogP contribution in [0.4, 0.5) is 5.95 Å². The molecule has 1 unspecified atom stereocenters. The molecule has 27 heavy (non-hydrogen) atoms. The lowest BCUT2D eigenvalue weighted by molar-refractivity contribution is 0.179. The minimum Gasteiger partial charge on any atom is -0.387 e. The maximum atomic E-state index is 10.3. The average Bonchev–Trinajstić information content (AvgIpc) is 2.70. The van der Waals surface area contributed by atoms with Crippen LogP contribution >= 0.6 is 35.6 Å². The average molecular weight is 503 g/mol. The van der Waals surface area contributed by atoms with E-state index in [1.807, 2.05) is 18.2 Å². The van der Waals surface area contributed by atoms with Crippen molar-refractivity contribution in [1.29, 1.82) is 0 Å². The molecule has 1 saturated heterocycles. The third-order valence-corrected chi connectivity index (χ3v) is 4.59. The smallest absolute Gasteiger partial charge is 0.225 e. The van der Waals surface area contributed by atoms with Crippen molar-refractivity contribution in [3.05, 3.63) is 53.3 Å². The molecular weight excluding hydrogens is 479 g/mol. The van der Waals surface area contributed by atoms with Gasteiger partial charge in [0.15, 0.2) is 5.96 Å². The zero-order valence-corrected chi connectivity index (χ0v) is 18.2. The molecule has 2 aromatic rings. The fourth-order valence-electron chi connectivity index (χ4n) is 2.90. The number of halogens is 2. The summed E-state index contributed by atoms with van der Waals surface area (Å²) in [6.07, 6.45) is 2.89. The van der Waals surface area contributed by atoms with Crippen molar-refractivity contribution in [3.63, 3.8) is 0 Å². The molecule has 146 valence electrons. The van der Waals surface area contributed by atoms with E-state index in [9.17, 15) is 5.11 Å². The first kappa shape index (κ1) is 21.6. The molecule has 0 saturated carbocycles. The molecule has 2 heterocycles. The van der Waals surface area contributed by atoms with Gasteiger partial charge in [-0.1, -0.05) is 23.7 Å². The first-order chi connectivity index (χ1) is 12.7. The van der Waals surface area contributed by atoms with Gasteiger partial charge >= 0.3 is 0 Å². The van der Waals surface area contributed by atoms with Crippen LogP contribution in [0.3, 0.4) is 0 Å². The van der Waals surface area contributed by atoms with Gasteiger partial charge in [0.1, 0.15) is 0 Å². The third kappa shape index (κ3) is 5.91. The monoisotopic (exact) mass is 502 g/mol. The first-order valence-corrected chi connectivity index (χ1v) is 8.96. The van der Waals surface area contributed by atoms with Crippen molar-refractivity contribution >= 4 is 47.5 Å². The predicted molar refractivity (Wildman–Crippen MR) is 119 cm³/mol. The van der Waals surface area contributed by atoms with Crippen molar-refractivity contribution in [2.24, 2.45) is 4.99 Å². The van der Waals surface area contributed by atoms with Crippen LogP contribution in [0.15, 0.2) is 47.7 Å². The van der Waals surface area contributed by atoms with Gasteiger partial charge in [0.2, 0.25) is 5.95 Å². The maximum absolute atomic E-state index is 10.3. The highest BCUT2D eigenvalue weighted by Gasteiger charge is 2.21. The summed E-state index contributed by atoms with van der Waals surface area (Å²) in [5, 5.41) is 14.2. The van der Waals surface area contributed by atoms with Crippen molar-refractivity contribution in [1.82, 2.24) is 20.2 Å². The Morgan fingerprint density at radius 3 is 2.41 bits per heavy atom. The van der Waals surface area contributed by atoms with Gasteiger partial charge in [-0.05, 0) is 23.8 Å². The van der Waals surface area contributed by atoms with Gasteiger partial charge in [-0.15, -0.1) is 24.0 Å². The van der Waals surface area contributed by atoms with E-state index in [0.29, 0.717) is 11.6 Å². The molecule has 1 atom stereocenters. The number of nitrogens with one attached hydrogen (secondary N) is 1. The van der Waals surface area contributed by atoms with E-state index in [4.69, 9.17) is 11.6 Å². The number of rotatable bonds is 4. The van der Waals surface area contributed by atoms with Crippen LogP contribution in [0.5, 0.6) is 0 Å². The molecule has 1 aromatic heterocycles. The third-order valence-electron chi connectivity index (χ3n) is 4.33. The minimum absolute atomic E-state index is 0. The molecule has 7 nitrogen and oxygen atoms in total. The molecule has 3 rings (SSSR count).